The van der Waals surface area contributed by atoms with Crippen LogP contribution in [0.5, 0.6) is 5.75 Å². The SMILES string of the molecule is COc1ccc(N(C)c2cc(-c3ccccc3)nc(C)n2)cc1.Cc1nc(-c2ccccc2)cc(=O)[nH]1. The van der Waals surface area contributed by atoms with Crippen molar-refractivity contribution in [3.05, 3.63) is 119 Å². The number of ether oxygens (including phenoxy) is 1. The van der Waals surface area contributed by atoms with Crippen molar-refractivity contribution >= 4 is 11.5 Å². The Morgan fingerprint density at radius 1 is 0.730 bits per heavy atom. The van der Waals surface area contributed by atoms with Crippen molar-refractivity contribution in [2.24, 2.45) is 0 Å². The number of hydrogen-bond acceptors (Lipinski definition) is 6. The number of nitrogens with zero attached hydrogens (tertiary/aromatic N) is 4. The van der Waals surface area contributed by atoms with Crippen LogP contribution in [0.1, 0.15) is 11.6 Å². The molecule has 3 aromatic carbocycles. The molecule has 0 fully saturated rings. The Morgan fingerprint density at radius 3 is 1.84 bits per heavy atom. The monoisotopic (exact) mass is 491 g/mol. The summed E-state index contributed by atoms with van der Waals surface area (Å²) < 4.78 is 5.21. The van der Waals surface area contributed by atoms with Gasteiger partial charge in [0.15, 0.2) is 0 Å². The van der Waals surface area contributed by atoms with Crippen LogP contribution in [0.3, 0.4) is 0 Å². The van der Waals surface area contributed by atoms with Crippen molar-refractivity contribution in [3.8, 4) is 28.3 Å². The molecule has 0 spiro atoms. The smallest absolute Gasteiger partial charge is 0.251 e. The molecule has 0 atom stereocenters. The molecule has 5 rings (SSSR count). The number of aromatic amines is 1. The van der Waals surface area contributed by atoms with Gasteiger partial charge in [-0.25, -0.2) is 15.0 Å². The molecule has 0 bridgehead atoms. The van der Waals surface area contributed by atoms with Gasteiger partial charge in [0.2, 0.25) is 0 Å². The fraction of sp³-hybridized carbons (Fsp3) is 0.133. The molecule has 1 N–H and O–H groups in total. The number of methoxy groups -OCH3 is 1. The summed E-state index contributed by atoms with van der Waals surface area (Å²) in [5, 5.41) is 0. The second-order valence-electron chi connectivity index (χ2n) is 8.36. The first-order chi connectivity index (χ1) is 17.9. The number of aromatic nitrogens is 4. The number of anilines is 2. The van der Waals surface area contributed by atoms with E-state index in [0.717, 1.165) is 39.9 Å². The molecular formula is C30H29N5O2. The summed E-state index contributed by atoms with van der Waals surface area (Å²) >= 11 is 0. The number of rotatable bonds is 5. The molecule has 0 saturated carbocycles. The van der Waals surface area contributed by atoms with Gasteiger partial charge in [0, 0.05) is 36.0 Å². The number of hydrogen-bond donors (Lipinski definition) is 1. The summed E-state index contributed by atoms with van der Waals surface area (Å²) in [5.41, 5.74) is 4.61. The van der Waals surface area contributed by atoms with Crippen LogP contribution in [0, 0.1) is 13.8 Å². The van der Waals surface area contributed by atoms with E-state index in [-0.39, 0.29) is 5.56 Å². The summed E-state index contributed by atoms with van der Waals surface area (Å²) in [6.07, 6.45) is 0. The standard InChI is InChI=1S/C19H19N3O.C11H10N2O/c1-14-20-18(15-7-5-4-6-8-15)13-19(21-14)22(2)16-9-11-17(23-3)12-10-16;1-8-12-10(7-11(14)13-8)9-5-3-2-4-6-9/h4-13H,1-3H3;2-7H,1H3,(H,12,13,14). The second kappa shape index (κ2) is 11.8. The minimum absolute atomic E-state index is 0.114. The Hall–Kier alpha value is -4.78. The van der Waals surface area contributed by atoms with Crippen molar-refractivity contribution in [1.29, 1.82) is 0 Å². The van der Waals surface area contributed by atoms with E-state index in [1.165, 1.54) is 6.07 Å². The lowest BCUT2D eigenvalue weighted by molar-refractivity contribution is 0.415. The predicted octanol–water partition coefficient (Wildman–Crippen LogP) is 5.97. The lowest BCUT2D eigenvalue weighted by atomic mass is 10.1. The molecule has 186 valence electrons. The van der Waals surface area contributed by atoms with Crippen molar-refractivity contribution in [2.75, 3.05) is 19.1 Å². The van der Waals surface area contributed by atoms with E-state index in [0.29, 0.717) is 11.5 Å². The Kier molecular flexibility index (Phi) is 8.05. The van der Waals surface area contributed by atoms with E-state index < -0.39 is 0 Å². The zero-order valence-corrected chi connectivity index (χ0v) is 21.3. The Bertz CT molecular complexity index is 1500. The average Bonchev–Trinajstić information content (AvgIpc) is 2.93. The molecule has 0 amide bonds. The quantitative estimate of drug-likeness (QED) is 0.326. The molecule has 0 aliphatic rings. The molecular weight excluding hydrogens is 462 g/mol. The Morgan fingerprint density at radius 2 is 1.30 bits per heavy atom. The third kappa shape index (κ3) is 6.67. The normalized spacial score (nSPS) is 10.3. The maximum absolute atomic E-state index is 11.2. The van der Waals surface area contributed by atoms with Crippen LogP contribution in [0.25, 0.3) is 22.5 Å². The number of benzene rings is 3. The van der Waals surface area contributed by atoms with E-state index in [1.54, 1.807) is 14.0 Å². The first kappa shape index (κ1) is 25.3. The lowest BCUT2D eigenvalue weighted by Gasteiger charge is -2.19. The highest BCUT2D eigenvalue weighted by Crippen LogP contribution is 2.27. The second-order valence-corrected chi connectivity index (χ2v) is 8.36. The van der Waals surface area contributed by atoms with Crippen LogP contribution < -0.4 is 15.2 Å². The first-order valence-corrected chi connectivity index (χ1v) is 11.8. The van der Waals surface area contributed by atoms with Gasteiger partial charge in [-0.3, -0.25) is 4.79 Å². The molecule has 0 radical (unpaired) electrons. The molecule has 0 unspecified atom stereocenters. The van der Waals surface area contributed by atoms with Gasteiger partial charge >= 0.3 is 0 Å². The molecule has 5 aromatic rings. The van der Waals surface area contributed by atoms with Crippen LogP contribution in [0.2, 0.25) is 0 Å². The van der Waals surface area contributed by atoms with Gasteiger partial charge in [0.25, 0.3) is 5.56 Å². The van der Waals surface area contributed by atoms with Crippen molar-refractivity contribution in [2.45, 2.75) is 13.8 Å². The van der Waals surface area contributed by atoms with Crippen LogP contribution in [0.15, 0.2) is 102 Å². The zero-order valence-electron chi connectivity index (χ0n) is 21.3. The van der Waals surface area contributed by atoms with Gasteiger partial charge < -0.3 is 14.6 Å². The molecule has 7 heteroatoms. The topological polar surface area (TPSA) is 84.0 Å². The van der Waals surface area contributed by atoms with Crippen LogP contribution in [-0.4, -0.2) is 34.1 Å². The van der Waals surface area contributed by atoms with Gasteiger partial charge in [0.1, 0.15) is 23.2 Å². The zero-order chi connectivity index (χ0) is 26.2. The molecule has 2 aromatic heterocycles. The molecule has 0 aliphatic carbocycles. The maximum atomic E-state index is 11.2. The highest BCUT2D eigenvalue weighted by molar-refractivity contribution is 5.67. The Labute approximate surface area is 216 Å². The third-order valence-electron chi connectivity index (χ3n) is 5.63. The van der Waals surface area contributed by atoms with Crippen molar-refractivity contribution in [1.82, 2.24) is 19.9 Å². The van der Waals surface area contributed by atoms with E-state index in [2.05, 4.69) is 32.1 Å². The maximum Gasteiger partial charge on any atom is 0.251 e. The van der Waals surface area contributed by atoms with Gasteiger partial charge in [-0.1, -0.05) is 60.7 Å². The largest absolute Gasteiger partial charge is 0.497 e. The third-order valence-corrected chi connectivity index (χ3v) is 5.63. The van der Waals surface area contributed by atoms with E-state index >= 15 is 0 Å². The molecule has 7 nitrogen and oxygen atoms in total. The fourth-order valence-electron chi connectivity index (χ4n) is 3.75. The van der Waals surface area contributed by atoms with E-state index in [1.807, 2.05) is 97.7 Å². The molecule has 0 aliphatic heterocycles. The number of H-pyrrole nitrogens is 1. The fourth-order valence-corrected chi connectivity index (χ4v) is 3.75. The average molecular weight is 492 g/mol. The van der Waals surface area contributed by atoms with Crippen LogP contribution in [-0.2, 0) is 0 Å². The van der Waals surface area contributed by atoms with Gasteiger partial charge in [-0.05, 0) is 38.1 Å². The summed E-state index contributed by atoms with van der Waals surface area (Å²) in [7, 11) is 3.66. The van der Waals surface area contributed by atoms with Crippen molar-refractivity contribution < 1.29 is 4.74 Å². The van der Waals surface area contributed by atoms with E-state index in [9.17, 15) is 4.79 Å². The summed E-state index contributed by atoms with van der Waals surface area (Å²) in [6.45, 7) is 3.69. The Balaban J connectivity index is 0.000000195. The summed E-state index contributed by atoms with van der Waals surface area (Å²) in [6, 6.07) is 31.2. The first-order valence-electron chi connectivity index (χ1n) is 11.8. The molecule has 2 heterocycles. The molecule has 0 saturated heterocycles. The predicted molar refractivity (Wildman–Crippen MR) is 148 cm³/mol. The highest BCUT2D eigenvalue weighted by atomic mass is 16.5. The van der Waals surface area contributed by atoms with Crippen molar-refractivity contribution in [3.63, 3.8) is 0 Å². The minimum Gasteiger partial charge on any atom is -0.497 e. The van der Waals surface area contributed by atoms with Crippen LogP contribution >= 0.6 is 0 Å². The van der Waals surface area contributed by atoms with Gasteiger partial charge in [0.05, 0.1) is 18.5 Å². The van der Waals surface area contributed by atoms with Crippen LogP contribution in [0.4, 0.5) is 11.5 Å². The van der Waals surface area contributed by atoms with Gasteiger partial charge in [-0.15, -0.1) is 0 Å². The number of aryl methyl sites for hydroxylation is 2. The summed E-state index contributed by atoms with van der Waals surface area (Å²) in [5.74, 6) is 3.09. The van der Waals surface area contributed by atoms with E-state index in [4.69, 9.17) is 4.74 Å². The minimum atomic E-state index is -0.114. The summed E-state index contributed by atoms with van der Waals surface area (Å²) in [4.78, 5) is 29.2. The van der Waals surface area contributed by atoms with Gasteiger partial charge in [-0.2, -0.15) is 0 Å². The highest BCUT2D eigenvalue weighted by Gasteiger charge is 2.10. The number of nitrogens with one attached hydrogen (secondary N) is 1. The lowest BCUT2D eigenvalue weighted by Crippen LogP contribution is -2.12. The molecule has 37 heavy (non-hydrogen) atoms.